The molecule has 5 nitrogen and oxygen atoms in total. The third-order valence-corrected chi connectivity index (χ3v) is 2.65. The summed E-state index contributed by atoms with van der Waals surface area (Å²) in [4.78, 5) is 10.3. The lowest BCUT2D eigenvalue weighted by molar-refractivity contribution is -0.384. The number of nitro groups is 1. The van der Waals surface area contributed by atoms with Gasteiger partial charge in [-0.2, -0.15) is 0 Å². The Morgan fingerprint density at radius 2 is 1.89 bits per heavy atom. The van der Waals surface area contributed by atoms with Crippen LogP contribution < -0.4 is 5.32 Å². The Balaban J connectivity index is 2.67. The number of hydrogen-bond acceptors (Lipinski definition) is 4. The molecule has 0 fully saturated rings. The summed E-state index contributed by atoms with van der Waals surface area (Å²) in [5.41, 5.74) is 1.75. The predicted molar refractivity (Wildman–Crippen MR) is 69.7 cm³/mol. The van der Waals surface area contributed by atoms with Crippen LogP contribution in [0.3, 0.4) is 0 Å². The number of aromatic hydroxyl groups is 1. The molecule has 0 aromatic heterocycles. The topological polar surface area (TPSA) is 75.4 Å². The van der Waals surface area contributed by atoms with Gasteiger partial charge in [-0.05, 0) is 5.56 Å². The van der Waals surface area contributed by atoms with Gasteiger partial charge in [-0.25, -0.2) is 0 Å². The van der Waals surface area contributed by atoms with Crippen molar-refractivity contribution in [2.24, 2.45) is 0 Å². The number of benzene rings is 2. The number of nitro benzene ring substituents is 1. The Morgan fingerprint density at radius 1 is 1.22 bits per heavy atom. The van der Waals surface area contributed by atoms with Gasteiger partial charge in [-0.3, -0.25) is 10.1 Å². The fourth-order valence-corrected chi connectivity index (χ4v) is 1.83. The number of nitrogens with one attached hydrogen (secondary N) is 1. The average Bonchev–Trinajstić information content (AvgIpc) is 2.38. The smallest absolute Gasteiger partial charge is 0.273 e. The summed E-state index contributed by atoms with van der Waals surface area (Å²) < 4.78 is 0. The minimum atomic E-state index is -0.522. The van der Waals surface area contributed by atoms with E-state index >= 15 is 0 Å². The number of phenolic OH excluding ortho intramolecular Hbond substituents is 1. The third kappa shape index (κ3) is 2.10. The number of non-ortho nitro benzene ring substituents is 1. The Bertz CT molecular complexity index is 582. The van der Waals surface area contributed by atoms with Gasteiger partial charge in [-0.1, -0.05) is 30.3 Å². The molecule has 0 aliphatic rings. The van der Waals surface area contributed by atoms with Gasteiger partial charge in [0.25, 0.3) is 5.69 Å². The minimum Gasteiger partial charge on any atom is -0.505 e. The van der Waals surface area contributed by atoms with Crippen LogP contribution in [0, 0.1) is 10.1 Å². The molecule has 92 valence electrons. The van der Waals surface area contributed by atoms with E-state index in [1.807, 2.05) is 30.3 Å². The third-order valence-electron chi connectivity index (χ3n) is 2.65. The molecule has 0 aliphatic heterocycles. The molecule has 0 amide bonds. The van der Waals surface area contributed by atoms with Crippen LogP contribution in [0.15, 0.2) is 42.5 Å². The molecule has 5 heteroatoms. The van der Waals surface area contributed by atoms with Gasteiger partial charge in [0.05, 0.1) is 16.7 Å². The fourth-order valence-electron chi connectivity index (χ4n) is 1.83. The van der Waals surface area contributed by atoms with E-state index in [0.29, 0.717) is 11.3 Å². The molecule has 2 N–H and O–H groups in total. The Labute approximate surface area is 104 Å². The highest BCUT2D eigenvalue weighted by molar-refractivity contribution is 5.84. The monoisotopic (exact) mass is 244 g/mol. The molecule has 0 radical (unpaired) electrons. The Kier molecular flexibility index (Phi) is 3.14. The van der Waals surface area contributed by atoms with Crippen molar-refractivity contribution < 1.29 is 10.0 Å². The van der Waals surface area contributed by atoms with Crippen molar-refractivity contribution in [3.63, 3.8) is 0 Å². The molecule has 2 aromatic carbocycles. The summed E-state index contributed by atoms with van der Waals surface area (Å²) >= 11 is 0. The summed E-state index contributed by atoms with van der Waals surface area (Å²) in [5, 5.41) is 23.5. The van der Waals surface area contributed by atoms with Gasteiger partial charge in [0, 0.05) is 18.7 Å². The summed E-state index contributed by atoms with van der Waals surface area (Å²) in [6, 6.07) is 11.8. The maximum atomic E-state index is 10.8. The zero-order valence-electron chi connectivity index (χ0n) is 9.75. The summed E-state index contributed by atoms with van der Waals surface area (Å²) in [5.74, 6) is -0.134. The van der Waals surface area contributed by atoms with Crippen LogP contribution in [-0.4, -0.2) is 17.1 Å². The van der Waals surface area contributed by atoms with E-state index in [1.54, 1.807) is 7.05 Å². The van der Waals surface area contributed by atoms with E-state index in [-0.39, 0.29) is 11.4 Å². The summed E-state index contributed by atoms with van der Waals surface area (Å²) in [6.45, 7) is 0. The highest BCUT2D eigenvalue weighted by atomic mass is 16.6. The van der Waals surface area contributed by atoms with Crippen molar-refractivity contribution in [3.05, 3.63) is 52.6 Å². The molecule has 18 heavy (non-hydrogen) atoms. The first-order chi connectivity index (χ1) is 8.63. The Hall–Kier alpha value is -2.56. The van der Waals surface area contributed by atoms with Crippen molar-refractivity contribution in [1.29, 1.82) is 0 Å². The van der Waals surface area contributed by atoms with Crippen LogP contribution in [0.25, 0.3) is 11.1 Å². The molecule has 0 spiro atoms. The molecular formula is C13H12N2O3. The zero-order valence-corrected chi connectivity index (χ0v) is 9.75. The van der Waals surface area contributed by atoms with E-state index in [1.165, 1.54) is 6.07 Å². The number of phenols is 1. The van der Waals surface area contributed by atoms with Crippen molar-refractivity contribution in [1.82, 2.24) is 0 Å². The maximum Gasteiger partial charge on any atom is 0.273 e. The Morgan fingerprint density at radius 3 is 2.44 bits per heavy atom. The van der Waals surface area contributed by atoms with E-state index in [4.69, 9.17) is 0 Å². The molecule has 2 rings (SSSR count). The van der Waals surface area contributed by atoms with Gasteiger partial charge in [-0.15, -0.1) is 0 Å². The van der Waals surface area contributed by atoms with Gasteiger partial charge in [0.1, 0.15) is 5.75 Å². The lowest BCUT2D eigenvalue weighted by Gasteiger charge is -2.11. The van der Waals surface area contributed by atoms with Crippen molar-refractivity contribution in [3.8, 4) is 16.9 Å². The molecule has 0 saturated carbocycles. The second-order valence-electron chi connectivity index (χ2n) is 3.76. The van der Waals surface area contributed by atoms with E-state index < -0.39 is 4.92 Å². The van der Waals surface area contributed by atoms with Crippen LogP contribution >= 0.6 is 0 Å². The number of rotatable bonds is 3. The largest absolute Gasteiger partial charge is 0.505 e. The lowest BCUT2D eigenvalue weighted by atomic mass is 10.0. The van der Waals surface area contributed by atoms with Crippen LogP contribution in [-0.2, 0) is 0 Å². The molecule has 0 heterocycles. The first kappa shape index (κ1) is 11.9. The van der Waals surface area contributed by atoms with Crippen molar-refractivity contribution in [2.45, 2.75) is 0 Å². The quantitative estimate of drug-likeness (QED) is 0.494. The van der Waals surface area contributed by atoms with Crippen molar-refractivity contribution >= 4 is 11.4 Å². The standard InChI is InChI=1S/C13H12N2O3/c1-14-13-11(9-5-3-2-4-6-9)7-10(15(17)18)8-12(13)16/h2-8,14,16H,1H3. The normalized spacial score (nSPS) is 10.1. The SMILES string of the molecule is CNc1c(O)cc([N+](=O)[O-])cc1-c1ccccc1. The first-order valence-electron chi connectivity index (χ1n) is 5.38. The molecule has 0 bridgehead atoms. The second-order valence-corrected chi connectivity index (χ2v) is 3.76. The lowest BCUT2D eigenvalue weighted by Crippen LogP contribution is -1.95. The van der Waals surface area contributed by atoms with Crippen LogP contribution in [0.1, 0.15) is 0 Å². The van der Waals surface area contributed by atoms with Crippen LogP contribution in [0.5, 0.6) is 5.75 Å². The van der Waals surface area contributed by atoms with Gasteiger partial charge >= 0.3 is 0 Å². The number of anilines is 1. The van der Waals surface area contributed by atoms with Crippen LogP contribution in [0.4, 0.5) is 11.4 Å². The predicted octanol–water partition coefficient (Wildman–Crippen LogP) is 3.01. The number of hydrogen-bond donors (Lipinski definition) is 2. The number of nitrogens with zero attached hydrogens (tertiary/aromatic N) is 1. The molecule has 0 unspecified atom stereocenters. The second kappa shape index (κ2) is 4.75. The van der Waals surface area contributed by atoms with Gasteiger partial charge in [0.2, 0.25) is 0 Å². The average molecular weight is 244 g/mol. The fraction of sp³-hybridized carbons (Fsp3) is 0.0769. The summed E-state index contributed by atoms with van der Waals surface area (Å²) in [6.07, 6.45) is 0. The summed E-state index contributed by atoms with van der Waals surface area (Å²) in [7, 11) is 1.66. The minimum absolute atomic E-state index is 0.134. The molecule has 0 saturated heterocycles. The van der Waals surface area contributed by atoms with E-state index in [0.717, 1.165) is 11.6 Å². The highest BCUT2D eigenvalue weighted by Crippen LogP contribution is 2.38. The highest BCUT2D eigenvalue weighted by Gasteiger charge is 2.16. The molecular weight excluding hydrogens is 232 g/mol. The van der Waals surface area contributed by atoms with Crippen molar-refractivity contribution in [2.75, 3.05) is 12.4 Å². The van der Waals surface area contributed by atoms with E-state index in [9.17, 15) is 15.2 Å². The molecule has 0 aliphatic carbocycles. The molecule has 0 atom stereocenters. The van der Waals surface area contributed by atoms with Crippen LogP contribution in [0.2, 0.25) is 0 Å². The first-order valence-corrected chi connectivity index (χ1v) is 5.38. The van der Waals surface area contributed by atoms with Gasteiger partial charge in [0.15, 0.2) is 0 Å². The van der Waals surface area contributed by atoms with Gasteiger partial charge < -0.3 is 10.4 Å². The molecule has 2 aromatic rings. The zero-order chi connectivity index (χ0) is 13.1. The maximum absolute atomic E-state index is 10.8. The van der Waals surface area contributed by atoms with E-state index in [2.05, 4.69) is 5.32 Å².